The fraction of sp³-hybridized carbons (Fsp3) is 0.524. The van der Waals surface area contributed by atoms with Gasteiger partial charge in [0, 0.05) is 38.6 Å². The second kappa shape index (κ2) is 10.2. The van der Waals surface area contributed by atoms with Crippen LogP contribution in [0, 0.1) is 6.92 Å². The van der Waals surface area contributed by atoms with Gasteiger partial charge in [0.1, 0.15) is 0 Å². The predicted octanol–water partition coefficient (Wildman–Crippen LogP) is 1.47. The van der Waals surface area contributed by atoms with Crippen molar-refractivity contribution in [3.8, 4) is 0 Å². The zero-order valence-corrected chi connectivity index (χ0v) is 18.9. The van der Waals surface area contributed by atoms with Crippen molar-refractivity contribution in [1.29, 1.82) is 0 Å². The molecule has 13 heteroatoms. The van der Waals surface area contributed by atoms with E-state index in [-0.39, 0.29) is 36.1 Å². The van der Waals surface area contributed by atoms with Crippen molar-refractivity contribution in [1.82, 2.24) is 34.8 Å². The van der Waals surface area contributed by atoms with Crippen LogP contribution in [0.2, 0.25) is 0 Å². The minimum atomic E-state index is -2.60. The third-order valence-electron chi connectivity index (χ3n) is 5.76. The van der Waals surface area contributed by atoms with Crippen LogP contribution in [0.3, 0.4) is 0 Å². The van der Waals surface area contributed by atoms with Gasteiger partial charge in [-0.15, -0.1) is 0 Å². The van der Waals surface area contributed by atoms with Crippen molar-refractivity contribution in [2.45, 2.75) is 32.7 Å². The van der Waals surface area contributed by atoms with Crippen molar-refractivity contribution in [2.24, 2.45) is 0 Å². The molecule has 4 heterocycles. The van der Waals surface area contributed by atoms with Crippen LogP contribution in [0.5, 0.6) is 0 Å². The second-order valence-corrected chi connectivity index (χ2v) is 8.15. The van der Waals surface area contributed by atoms with Gasteiger partial charge in [-0.3, -0.25) is 14.3 Å². The van der Waals surface area contributed by atoms with Gasteiger partial charge in [0.2, 0.25) is 11.9 Å². The van der Waals surface area contributed by atoms with E-state index >= 15 is 0 Å². The summed E-state index contributed by atoms with van der Waals surface area (Å²) in [6, 6.07) is -0.144. The number of amides is 1. The quantitative estimate of drug-likeness (QED) is 0.485. The number of piperazine rings is 1. The van der Waals surface area contributed by atoms with E-state index in [9.17, 15) is 18.4 Å². The average molecular weight is 476 g/mol. The van der Waals surface area contributed by atoms with Crippen molar-refractivity contribution < 1.29 is 18.3 Å². The number of hydrogen-bond donors (Lipinski definition) is 1. The summed E-state index contributed by atoms with van der Waals surface area (Å²) in [5.74, 6) is 0.366. The maximum Gasteiger partial charge on any atom is 0.275 e. The first-order valence-corrected chi connectivity index (χ1v) is 11.0. The highest BCUT2D eigenvalue weighted by atomic mass is 19.3. The Balaban J connectivity index is 1.21. The molecule has 3 aromatic rings. The lowest BCUT2D eigenvalue weighted by Crippen LogP contribution is -2.49. The molecule has 3 aromatic heterocycles. The molecule has 11 nitrogen and oxygen atoms in total. The summed E-state index contributed by atoms with van der Waals surface area (Å²) < 4.78 is 32.7. The summed E-state index contributed by atoms with van der Waals surface area (Å²) in [5.41, 5.74) is 0.763. The summed E-state index contributed by atoms with van der Waals surface area (Å²) >= 11 is 0. The number of aromatic nitrogens is 6. The number of rotatable bonds is 8. The minimum Gasteiger partial charge on any atom is -0.379 e. The number of fused-ring (bicyclic) bond motifs is 1. The number of halogens is 2. The number of nitrogens with one attached hydrogen (secondary N) is 1. The molecule has 0 aliphatic carbocycles. The van der Waals surface area contributed by atoms with E-state index in [1.807, 2.05) is 11.8 Å². The molecule has 1 amide bonds. The number of H-pyrrole nitrogens is 1. The van der Waals surface area contributed by atoms with E-state index in [1.165, 1.54) is 0 Å². The standard InChI is InChI=1S/C21H26F2N8O3/c1-13(31-16-11-26-27-20(33)18(16)14(2)28-31)12-34-8-3-17(32)29-4-6-30(7-5-29)21-24-9-15(10-25-21)19(22)23/h9-11,13,19H,3-8,12H2,1-2H3,(H,27,33). The molecule has 4 rings (SSSR count). The number of nitrogens with zero attached hydrogens (tertiary/aromatic N) is 7. The van der Waals surface area contributed by atoms with Gasteiger partial charge in [0.05, 0.1) is 54.0 Å². The number of carbonyl (C=O) groups excluding carboxylic acids is 1. The third kappa shape index (κ3) is 5.03. The number of aromatic amines is 1. The number of alkyl halides is 2. The van der Waals surface area contributed by atoms with Gasteiger partial charge in [-0.2, -0.15) is 10.2 Å². The van der Waals surface area contributed by atoms with E-state index in [4.69, 9.17) is 4.74 Å². The fourth-order valence-corrected chi connectivity index (χ4v) is 3.92. The monoisotopic (exact) mass is 476 g/mol. The minimum absolute atomic E-state index is 0.0163. The van der Waals surface area contributed by atoms with Gasteiger partial charge in [0.25, 0.3) is 12.0 Å². The van der Waals surface area contributed by atoms with Crippen LogP contribution in [-0.2, 0) is 9.53 Å². The van der Waals surface area contributed by atoms with Crippen LogP contribution in [-0.4, -0.2) is 80.1 Å². The molecule has 0 aromatic carbocycles. The maximum absolute atomic E-state index is 12.6. The zero-order valence-electron chi connectivity index (χ0n) is 18.9. The van der Waals surface area contributed by atoms with Gasteiger partial charge in [0.15, 0.2) is 0 Å². The molecule has 34 heavy (non-hydrogen) atoms. The summed E-state index contributed by atoms with van der Waals surface area (Å²) in [5, 5.41) is 11.2. The summed E-state index contributed by atoms with van der Waals surface area (Å²) in [6.07, 6.45) is 1.47. The molecule has 1 fully saturated rings. The number of hydrogen-bond acceptors (Lipinski definition) is 8. The topological polar surface area (TPSA) is 122 Å². The van der Waals surface area contributed by atoms with Crippen molar-refractivity contribution >= 4 is 22.8 Å². The number of anilines is 1. The highest BCUT2D eigenvalue weighted by Crippen LogP contribution is 2.19. The van der Waals surface area contributed by atoms with Crippen LogP contribution in [0.4, 0.5) is 14.7 Å². The largest absolute Gasteiger partial charge is 0.379 e. The van der Waals surface area contributed by atoms with Gasteiger partial charge < -0.3 is 14.5 Å². The highest BCUT2D eigenvalue weighted by Gasteiger charge is 2.23. The van der Waals surface area contributed by atoms with E-state index in [0.717, 1.165) is 12.4 Å². The first kappa shape index (κ1) is 23.7. The molecule has 1 aliphatic heterocycles. The molecule has 1 unspecified atom stereocenters. The number of aryl methyl sites for hydroxylation is 1. The molecule has 0 bridgehead atoms. The summed E-state index contributed by atoms with van der Waals surface area (Å²) in [6.45, 7) is 6.32. The Labute approximate surface area is 193 Å². The third-order valence-corrected chi connectivity index (χ3v) is 5.76. The van der Waals surface area contributed by atoms with Crippen LogP contribution in [0.1, 0.15) is 37.1 Å². The Morgan fingerprint density at radius 3 is 2.56 bits per heavy atom. The zero-order chi connectivity index (χ0) is 24.2. The first-order chi connectivity index (χ1) is 16.3. The maximum atomic E-state index is 12.6. The van der Waals surface area contributed by atoms with Crippen LogP contribution < -0.4 is 10.5 Å². The molecule has 0 radical (unpaired) electrons. The summed E-state index contributed by atoms with van der Waals surface area (Å²) in [7, 11) is 0. The Morgan fingerprint density at radius 1 is 1.18 bits per heavy atom. The molecular weight excluding hydrogens is 450 g/mol. The van der Waals surface area contributed by atoms with Crippen LogP contribution in [0.15, 0.2) is 23.4 Å². The lowest BCUT2D eigenvalue weighted by molar-refractivity contribution is -0.132. The van der Waals surface area contributed by atoms with Crippen LogP contribution in [0.25, 0.3) is 10.9 Å². The van der Waals surface area contributed by atoms with E-state index in [1.54, 1.807) is 22.7 Å². The molecule has 1 N–H and O–H groups in total. The van der Waals surface area contributed by atoms with Crippen molar-refractivity contribution in [2.75, 3.05) is 44.3 Å². The molecule has 1 aliphatic rings. The van der Waals surface area contributed by atoms with Crippen LogP contribution >= 0.6 is 0 Å². The second-order valence-electron chi connectivity index (χ2n) is 8.15. The lowest BCUT2D eigenvalue weighted by atomic mass is 10.3. The average Bonchev–Trinajstić information content (AvgIpc) is 3.19. The molecule has 182 valence electrons. The fourth-order valence-electron chi connectivity index (χ4n) is 3.92. The van der Waals surface area contributed by atoms with Crippen molar-refractivity contribution in [3.63, 3.8) is 0 Å². The smallest absolute Gasteiger partial charge is 0.275 e. The molecule has 1 saturated heterocycles. The van der Waals surface area contributed by atoms with E-state index in [0.29, 0.717) is 55.3 Å². The molecule has 1 atom stereocenters. The predicted molar refractivity (Wildman–Crippen MR) is 119 cm³/mol. The molecule has 0 spiro atoms. The Hall–Kier alpha value is -3.48. The Bertz CT molecular complexity index is 1190. The van der Waals surface area contributed by atoms with Crippen molar-refractivity contribution in [3.05, 3.63) is 40.2 Å². The number of carbonyl (C=O) groups is 1. The molecule has 0 saturated carbocycles. The van der Waals surface area contributed by atoms with Gasteiger partial charge in [-0.1, -0.05) is 0 Å². The van der Waals surface area contributed by atoms with E-state index < -0.39 is 6.43 Å². The normalized spacial score (nSPS) is 15.3. The number of ether oxygens (including phenoxy) is 1. The molecular formula is C21H26F2N8O3. The van der Waals surface area contributed by atoms with E-state index in [2.05, 4.69) is 25.3 Å². The Kier molecular flexibility index (Phi) is 7.10. The highest BCUT2D eigenvalue weighted by molar-refractivity contribution is 5.79. The first-order valence-electron chi connectivity index (χ1n) is 11.0. The summed E-state index contributed by atoms with van der Waals surface area (Å²) in [4.78, 5) is 36.1. The van der Waals surface area contributed by atoms with Gasteiger partial charge >= 0.3 is 0 Å². The van der Waals surface area contributed by atoms with Gasteiger partial charge in [-0.05, 0) is 13.8 Å². The Morgan fingerprint density at radius 2 is 1.88 bits per heavy atom. The lowest BCUT2D eigenvalue weighted by Gasteiger charge is -2.34. The van der Waals surface area contributed by atoms with Gasteiger partial charge in [-0.25, -0.2) is 23.8 Å². The SMILES string of the molecule is Cc1nn(C(C)COCCC(=O)N2CCN(c3ncc(C(F)F)cn3)CC2)c2cn[nH]c(=O)c12.